The van der Waals surface area contributed by atoms with Gasteiger partial charge in [0.25, 0.3) is 0 Å². The molecule has 0 aliphatic carbocycles. The topological polar surface area (TPSA) is 105 Å². The number of nitrogens with zero attached hydrogens (tertiary/aromatic N) is 1. The lowest BCUT2D eigenvalue weighted by Gasteiger charge is -2.36. The van der Waals surface area contributed by atoms with Crippen LogP contribution < -0.4 is 11.1 Å². The minimum absolute atomic E-state index is 0.0206. The van der Waals surface area contributed by atoms with Gasteiger partial charge in [0.1, 0.15) is 0 Å². The van der Waals surface area contributed by atoms with E-state index < -0.39 is 6.04 Å². The van der Waals surface area contributed by atoms with Crippen LogP contribution in [0.5, 0.6) is 0 Å². The van der Waals surface area contributed by atoms with Gasteiger partial charge in [0, 0.05) is 13.1 Å². The standard InChI is InChI=1S/C13H25N3O4/c1-8(2)12(14)13(19)15-4-11(18)16-5-9(3)20-10(6-16)7-17/h8-10,12,17H,4-7,14H2,1-3H3,(H,15,19)/t9?,10?,12-/m0/s1. The van der Waals surface area contributed by atoms with Crippen molar-refractivity contribution in [2.24, 2.45) is 11.7 Å². The highest BCUT2D eigenvalue weighted by atomic mass is 16.5. The Morgan fingerprint density at radius 2 is 2.10 bits per heavy atom. The van der Waals surface area contributed by atoms with Gasteiger partial charge in [-0.2, -0.15) is 0 Å². The Morgan fingerprint density at radius 1 is 1.45 bits per heavy atom. The quantitative estimate of drug-likeness (QED) is 0.582. The molecule has 0 aromatic heterocycles. The first-order valence-corrected chi connectivity index (χ1v) is 6.92. The van der Waals surface area contributed by atoms with E-state index in [9.17, 15) is 9.59 Å². The van der Waals surface area contributed by atoms with Gasteiger partial charge in [0.05, 0.1) is 31.4 Å². The molecular weight excluding hydrogens is 262 g/mol. The van der Waals surface area contributed by atoms with E-state index in [2.05, 4.69) is 5.32 Å². The molecule has 0 radical (unpaired) electrons. The molecule has 0 spiro atoms. The van der Waals surface area contributed by atoms with Crippen LogP contribution in [0, 0.1) is 5.92 Å². The van der Waals surface area contributed by atoms with Gasteiger partial charge >= 0.3 is 0 Å². The molecule has 20 heavy (non-hydrogen) atoms. The molecular formula is C13H25N3O4. The zero-order chi connectivity index (χ0) is 15.3. The monoisotopic (exact) mass is 287 g/mol. The number of hydrogen-bond donors (Lipinski definition) is 3. The number of carbonyl (C=O) groups is 2. The molecule has 1 rings (SSSR count). The van der Waals surface area contributed by atoms with E-state index >= 15 is 0 Å². The summed E-state index contributed by atoms with van der Waals surface area (Å²) in [6.45, 7) is 6.13. The summed E-state index contributed by atoms with van der Waals surface area (Å²) < 4.78 is 5.46. The molecule has 0 saturated carbocycles. The van der Waals surface area contributed by atoms with Crippen LogP contribution in [0.25, 0.3) is 0 Å². The third kappa shape index (κ3) is 4.73. The van der Waals surface area contributed by atoms with Crippen LogP contribution in [0.1, 0.15) is 20.8 Å². The molecule has 2 unspecified atom stereocenters. The van der Waals surface area contributed by atoms with E-state index in [0.29, 0.717) is 13.1 Å². The number of aliphatic hydroxyl groups excluding tert-OH is 1. The van der Waals surface area contributed by atoms with Crippen molar-refractivity contribution in [3.05, 3.63) is 0 Å². The number of nitrogens with two attached hydrogens (primary N) is 1. The summed E-state index contributed by atoms with van der Waals surface area (Å²) in [4.78, 5) is 25.3. The fraction of sp³-hybridized carbons (Fsp3) is 0.846. The minimum atomic E-state index is -0.614. The highest BCUT2D eigenvalue weighted by molar-refractivity contribution is 5.87. The largest absolute Gasteiger partial charge is 0.394 e. The second kappa shape index (κ2) is 7.56. The molecule has 1 heterocycles. The molecule has 3 atom stereocenters. The summed E-state index contributed by atoms with van der Waals surface area (Å²) >= 11 is 0. The number of carbonyl (C=O) groups excluding carboxylic acids is 2. The summed E-state index contributed by atoms with van der Waals surface area (Å²) in [6, 6.07) is -0.614. The molecule has 0 aromatic rings. The van der Waals surface area contributed by atoms with Crippen molar-refractivity contribution in [1.29, 1.82) is 0 Å². The van der Waals surface area contributed by atoms with E-state index in [1.54, 1.807) is 4.90 Å². The maximum absolute atomic E-state index is 12.0. The van der Waals surface area contributed by atoms with Crippen LogP contribution >= 0.6 is 0 Å². The summed E-state index contributed by atoms with van der Waals surface area (Å²) in [7, 11) is 0. The van der Waals surface area contributed by atoms with Gasteiger partial charge in [0.15, 0.2) is 0 Å². The summed E-state index contributed by atoms with van der Waals surface area (Å²) in [5.74, 6) is -0.497. The molecule has 7 nitrogen and oxygen atoms in total. The van der Waals surface area contributed by atoms with Crippen LogP contribution in [0.15, 0.2) is 0 Å². The van der Waals surface area contributed by atoms with Crippen molar-refractivity contribution >= 4 is 11.8 Å². The SMILES string of the molecule is CC1CN(C(=O)CNC(=O)[C@@H](N)C(C)C)CC(CO)O1. The Kier molecular flexibility index (Phi) is 6.38. The maximum Gasteiger partial charge on any atom is 0.242 e. The number of ether oxygens (including phenoxy) is 1. The molecule has 1 saturated heterocycles. The zero-order valence-electron chi connectivity index (χ0n) is 12.3. The number of rotatable bonds is 5. The summed E-state index contributed by atoms with van der Waals surface area (Å²) in [5.41, 5.74) is 5.70. The van der Waals surface area contributed by atoms with E-state index in [-0.39, 0.29) is 43.1 Å². The van der Waals surface area contributed by atoms with Gasteiger partial charge in [0.2, 0.25) is 11.8 Å². The number of morpholine rings is 1. The average molecular weight is 287 g/mol. The molecule has 2 amide bonds. The number of nitrogens with one attached hydrogen (secondary N) is 1. The summed E-state index contributed by atoms with van der Waals surface area (Å²) in [6.07, 6.45) is -0.491. The van der Waals surface area contributed by atoms with Crippen LogP contribution in [-0.4, -0.2) is 66.3 Å². The Balaban J connectivity index is 2.44. The first kappa shape index (κ1) is 16.9. The van der Waals surface area contributed by atoms with Crippen molar-refractivity contribution < 1.29 is 19.4 Å². The fourth-order valence-corrected chi connectivity index (χ4v) is 2.04. The van der Waals surface area contributed by atoms with Gasteiger partial charge in [-0.05, 0) is 12.8 Å². The van der Waals surface area contributed by atoms with Gasteiger partial charge in [-0.1, -0.05) is 13.8 Å². The fourth-order valence-electron chi connectivity index (χ4n) is 2.04. The Bertz CT molecular complexity index is 349. The molecule has 116 valence electrons. The second-order valence-corrected chi connectivity index (χ2v) is 5.54. The van der Waals surface area contributed by atoms with Crippen molar-refractivity contribution in [2.45, 2.75) is 39.0 Å². The van der Waals surface area contributed by atoms with Crippen LogP contribution in [0.3, 0.4) is 0 Å². The highest BCUT2D eigenvalue weighted by Gasteiger charge is 2.28. The first-order valence-electron chi connectivity index (χ1n) is 6.92. The lowest BCUT2D eigenvalue weighted by molar-refractivity contribution is -0.147. The lowest BCUT2D eigenvalue weighted by atomic mass is 10.1. The highest BCUT2D eigenvalue weighted by Crippen LogP contribution is 2.10. The summed E-state index contributed by atoms with van der Waals surface area (Å²) in [5, 5.41) is 11.7. The van der Waals surface area contributed by atoms with Crippen LogP contribution in [-0.2, 0) is 14.3 Å². The van der Waals surface area contributed by atoms with Crippen molar-refractivity contribution in [3.63, 3.8) is 0 Å². The third-order valence-corrected chi connectivity index (χ3v) is 3.32. The van der Waals surface area contributed by atoms with Crippen molar-refractivity contribution in [3.8, 4) is 0 Å². The second-order valence-electron chi connectivity index (χ2n) is 5.54. The number of amides is 2. The molecule has 1 aliphatic heterocycles. The Hall–Kier alpha value is -1.18. The van der Waals surface area contributed by atoms with Crippen molar-refractivity contribution in [1.82, 2.24) is 10.2 Å². The van der Waals surface area contributed by atoms with Gasteiger partial charge in [-0.15, -0.1) is 0 Å². The van der Waals surface area contributed by atoms with E-state index in [0.717, 1.165) is 0 Å². The van der Waals surface area contributed by atoms with Crippen LogP contribution in [0.4, 0.5) is 0 Å². The molecule has 7 heteroatoms. The molecule has 1 aliphatic rings. The lowest BCUT2D eigenvalue weighted by Crippen LogP contribution is -2.54. The minimum Gasteiger partial charge on any atom is -0.394 e. The average Bonchev–Trinajstić information content (AvgIpc) is 2.42. The predicted molar refractivity (Wildman–Crippen MR) is 73.8 cm³/mol. The molecule has 0 bridgehead atoms. The van der Waals surface area contributed by atoms with Gasteiger partial charge < -0.3 is 25.8 Å². The van der Waals surface area contributed by atoms with E-state index in [1.165, 1.54) is 0 Å². The normalized spacial score (nSPS) is 24.6. The predicted octanol–water partition coefficient (Wildman–Crippen LogP) is -1.31. The van der Waals surface area contributed by atoms with Gasteiger partial charge in [-0.3, -0.25) is 9.59 Å². The van der Waals surface area contributed by atoms with E-state index in [1.807, 2.05) is 20.8 Å². The number of hydrogen-bond acceptors (Lipinski definition) is 5. The molecule has 0 aromatic carbocycles. The zero-order valence-corrected chi connectivity index (χ0v) is 12.3. The smallest absolute Gasteiger partial charge is 0.242 e. The molecule has 4 N–H and O–H groups in total. The van der Waals surface area contributed by atoms with Gasteiger partial charge in [-0.25, -0.2) is 0 Å². The number of aliphatic hydroxyl groups is 1. The maximum atomic E-state index is 12.0. The molecule has 1 fully saturated rings. The van der Waals surface area contributed by atoms with Crippen molar-refractivity contribution in [2.75, 3.05) is 26.2 Å². The Morgan fingerprint density at radius 3 is 2.65 bits per heavy atom. The first-order chi connectivity index (χ1) is 9.35. The van der Waals surface area contributed by atoms with E-state index in [4.69, 9.17) is 15.6 Å². The van der Waals surface area contributed by atoms with Crippen LogP contribution in [0.2, 0.25) is 0 Å². The third-order valence-electron chi connectivity index (χ3n) is 3.32. The Labute approximate surface area is 119 Å².